The Morgan fingerprint density at radius 1 is 1.30 bits per heavy atom. The molecule has 0 bridgehead atoms. The fourth-order valence-corrected chi connectivity index (χ4v) is 3.90. The highest BCUT2D eigenvalue weighted by Crippen LogP contribution is 2.41. The Hall–Kier alpha value is -1.64. The van der Waals surface area contributed by atoms with Crippen LogP contribution in [-0.2, 0) is 0 Å². The van der Waals surface area contributed by atoms with Gasteiger partial charge in [0.25, 0.3) is 0 Å². The monoisotopic (exact) mass is 326 g/mol. The van der Waals surface area contributed by atoms with Crippen molar-refractivity contribution in [1.82, 2.24) is 5.32 Å². The molecule has 0 amide bonds. The molecule has 0 aromatic heterocycles. The Bertz CT molecular complexity index is 694. The van der Waals surface area contributed by atoms with Crippen molar-refractivity contribution in [3.05, 3.63) is 64.9 Å². The zero-order valence-corrected chi connectivity index (χ0v) is 14.4. The highest BCUT2D eigenvalue weighted by molar-refractivity contribution is 6.30. The van der Waals surface area contributed by atoms with Crippen LogP contribution in [-0.4, -0.2) is 18.8 Å². The predicted octanol–water partition coefficient (Wildman–Crippen LogP) is 4.98. The minimum Gasteiger partial charge on any atom is -0.317 e. The van der Waals surface area contributed by atoms with Crippen LogP contribution in [0.3, 0.4) is 0 Å². The van der Waals surface area contributed by atoms with Crippen LogP contribution >= 0.6 is 11.6 Å². The van der Waals surface area contributed by atoms with Gasteiger partial charge in [-0.3, -0.25) is 4.99 Å². The molecule has 1 aromatic carbocycles. The molecule has 0 spiro atoms. The van der Waals surface area contributed by atoms with Gasteiger partial charge in [-0.1, -0.05) is 36.9 Å². The third-order valence-corrected chi connectivity index (χ3v) is 5.16. The first-order valence-electron chi connectivity index (χ1n) is 8.18. The van der Waals surface area contributed by atoms with Crippen molar-refractivity contribution in [2.24, 2.45) is 10.9 Å². The van der Waals surface area contributed by atoms with Crippen molar-refractivity contribution < 1.29 is 0 Å². The van der Waals surface area contributed by atoms with Crippen molar-refractivity contribution in [3.8, 4) is 0 Å². The third-order valence-electron chi connectivity index (χ3n) is 4.92. The van der Waals surface area contributed by atoms with Crippen LogP contribution in [0, 0.1) is 5.92 Å². The molecule has 120 valence electrons. The maximum absolute atomic E-state index is 6.24. The summed E-state index contributed by atoms with van der Waals surface area (Å²) < 4.78 is 0. The lowest BCUT2D eigenvalue weighted by molar-refractivity contribution is 0.357. The van der Waals surface area contributed by atoms with Gasteiger partial charge in [0.2, 0.25) is 0 Å². The molecule has 3 rings (SSSR count). The van der Waals surface area contributed by atoms with E-state index in [4.69, 9.17) is 11.6 Å². The van der Waals surface area contributed by atoms with E-state index in [0.717, 1.165) is 47.8 Å². The minimum atomic E-state index is 0.253. The number of hydrogen-bond acceptors (Lipinski definition) is 2. The summed E-state index contributed by atoms with van der Waals surface area (Å²) in [6.45, 7) is 12.3. The molecule has 2 nitrogen and oxygen atoms in total. The zero-order valence-electron chi connectivity index (χ0n) is 13.6. The van der Waals surface area contributed by atoms with Gasteiger partial charge in [-0.15, -0.1) is 0 Å². The number of benzene rings is 1. The summed E-state index contributed by atoms with van der Waals surface area (Å²) in [6, 6.07) is 6.20. The topological polar surface area (TPSA) is 24.4 Å². The third kappa shape index (κ3) is 3.19. The minimum absolute atomic E-state index is 0.253. The van der Waals surface area contributed by atoms with Gasteiger partial charge in [-0.25, -0.2) is 0 Å². The first-order valence-corrected chi connectivity index (χ1v) is 8.56. The molecule has 2 aliphatic rings. The van der Waals surface area contributed by atoms with Gasteiger partial charge in [-0.2, -0.15) is 0 Å². The Balaban J connectivity index is 2.18. The highest BCUT2D eigenvalue weighted by atomic mass is 35.5. The van der Waals surface area contributed by atoms with E-state index in [0.29, 0.717) is 5.92 Å². The van der Waals surface area contributed by atoms with Crippen LogP contribution < -0.4 is 5.32 Å². The molecule has 0 saturated carbocycles. The van der Waals surface area contributed by atoms with Gasteiger partial charge in [0.1, 0.15) is 0 Å². The van der Waals surface area contributed by atoms with Gasteiger partial charge in [0, 0.05) is 17.1 Å². The largest absolute Gasteiger partial charge is 0.317 e. The molecule has 1 fully saturated rings. The van der Waals surface area contributed by atoms with Gasteiger partial charge in [0.05, 0.1) is 5.71 Å². The van der Waals surface area contributed by atoms with Crippen molar-refractivity contribution in [2.45, 2.75) is 25.7 Å². The second-order valence-electron chi connectivity index (χ2n) is 6.34. The SMILES string of the molecule is C=CN=C1C(=C)C(C)=Cc2cc(Cl)ccc2C1C1CCNCC1. The molecular formula is C20H23ClN2. The number of nitrogens with one attached hydrogen (secondary N) is 1. The zero-order chi connectivity index (χ0) is 16.4. The summed E-state index contributed by atoms with van der Waals surface area (Å²) in [7, 11) is 0. The van der Waals surface area contributed by atoms with Crippen molar-refractivity contribution >= 4 is 23.4 Å². The van der Waals surface area contributed by atoms with Crippen LogP contribution in [0.2, 0.25) is 5.02 Å². The number of hydrogen-bond donors (Lipinski definition) is 1. The van der Waals surface area contributed by atoms with Crippen LogP contribution in [0.1, 0.15) is 36.8 Å². The molecule has 1 aliphatic carbocycles. The first-order chi connectivity index (χ1) is 11.1. The number of piperidine rings is 1. The molecule has 1 aliphatic heterocycles. The van der Waals surface area contributed by atoms with Crippen LogP contribution in [0.25, 0.3) is 6.08 Å². The van der Waals surface area contributed by atoms with E-state index in [1.807, 2.05) is 6.07 Å². The van der Waals surface area contributed by atoms with Crippen molar-refractivity contribution in [2.75, 3.05) is 13.1 Å². The van der Waals surface area contributed by atoms with E-state index in [2.05, 4.69) is 48.6 Å². The lowest BCUT2D eigenvalue weighted by atomic mass is 9.75. The highest BCUT2D eigenvalue weighted by Gasteiger charge is 2.33. The Labute approximate surface area is 143 Å². The molecule has 1 heterocycles. The fourth-order valence-electron chi connectivity index (χ4n) is 3.72. The number of fused-ring (bicyclic) bond motifs is 1. The average Bonchev–Trinajstić information content (AvgIpc) is 2.65. The number of halogens is 1. The molecule has 1 atom stereocenters. The summed E-state index contributed by atoms with van der Waals surface area (Å²) in [5, 5.41) is 4.22. The Morgan fingerprint density at radius 2 is 2.04 bits per heavy atom. The molecule has 1 saturated heterocycles. The predicted molar refractivity (Wildman–Crippen MR) is 100 cm³/mol. The molecule has 3 heteroatoms. The van der Waals surface area contributed by atoms with Gasteiger partial charge >= 0.3 is 0 Å². The van der Waals surface area contributed by atoms with E-state index in [-0.39, 0.29) is 5.92 Å². The van der Waals surface area contributed by atoms with Crippen molar-refractivity contribution in [3.63, 3.8) is 0 Å². The molecule has 1 N–H and O–H groups in total. The smallest absolute Gasteiger partial charge is 0.0550 e. The van der Waals surface area contributed by atoms with E-state index in [9.17, 15) is 0 Å². The van der Waals surface area contributed by atoms with Crippen LogP contribution in [0.15, 0.2) is 53.7 Å². The molecule has 0 radical (unpaired) electrons. The summed E-state index contributed by atoms with van der Waals surface area (Å²) in [5.41, 5.74) is 5.71. The second kappa shape index (κ2) is 6.86. The van der Waals surface area contributed by atoms with Gasteiger partial charge < -0.3 is 5.32 Å². The van der Waals surface area contributed by atoms with Gasteiger partial charge in [0.15, 0.2) is 0 Å². The van der Waals surface area contributed by atoms with Crippen molar-refractivity contribution in [1.29, 1.82) is 0 Å². The standard InChI is InChI=1S/C20H23ClN2/c1-4-23-20-14(3)13(2)11-16-12-17(21)5-6-18(16)19(20)15-7-9-22-10-8-15/h4-6,11-12,15,19,22H,1,3,7-10H2,2H3. The summed E-state index contributed by atoms with van der Waals surface area (Å²) in [5.74, 6) is 0.814. The molecule has 1 aromatic rings. The number of nitrogens with zero attached hydrogens (tertiary/aromatic N) is 1. The van der Waals surface area contributed by atoms with E-state index in [1.54, 1.807) is 6.20 Å². The van der Waals surface area contributed by atoms with Gasteiger partial charge in [-0.05, 0) is 73.2 Å². The fraction of sp³-hybridized carbons (Fsp3) is 0.350. The van der Waals surface area contributed by atoms with Crippen LogP contribution in [0.4, 0.5) is 0 Å². The second-order valence-corrected chi connectivity index (χ2v) is 6.78. The lowest BCUT2D eigenvalue weighted by Crippen LogP contribution is -2.34. The maximum atomic E-state index is 6.24. The Kier molecular flexibility index (Phi) is 4.84. The normalized spacial score (nSPS) is 24.1. The van der Waals surface area contributed by atoms with E-state index >= 15 is 0 Å². The van der Waals surface area contributed by atoms with E-state index in [1.165, 1.54) is 11.1 Å². The lowest BCUT2D eigenvalue weighted by Gasteiger charge is -2.32. The number of aliphatic imine (C=N–C) groups is 1. The average molecular weight is 327 g/mol. The summed E-state index contributed by atoms with van der Waals surface area (Å²) >= 11 is 6.24. The first kappa shape index (κ1) is 16.2. The molecular weight excluding hydrogens is 304 g/mol. The van der Waals surface area contributed by atoms with E-state index < -0.39 is 0 Å². The number of allylic oxidation sites excluding steroid dienone is 2. The molecule has 1 unspecified atom stereocenters. The maximum Gasteiger partial charge on any atom is 0.0550 e. The summed E-state index contributed by atoms with van der Waals surface area (Å²) in [6.07, 6.45) is 6.12. The molecule has 23 heavy (non-hydrogen) atoms. The summed E-state index contributed by atoms with van der Waals surface area (Å²) in [4.78, 5) is 4.64. The van der Waals surface area contributed by atoms with Crippen LogP contribution in [0.5, 0.6) is 0 Å². The quantitative estimate of drug-likeness (QED) is 0.814. The Morgan fingerprint density at radius 3 is 2.74 bits per heavy atom. The number of rotatable bonds is 2.